The first kappa shape index (κ1) is 17.4. The second-order valence-corrected chi connectivity index (χ2v) is 5.79. The maximum atomic E-state index is 12.4. The number of benzene rings is 2. The molecular formula is C21H18O5. The van der Waals surface area contributed by atoms with Crippen LogP contribution < -0.4 is 14.9 Å². The molecule has 0 bridgehead atoms. The molecular weight excluding hydrogens is 332 g/mol. The number of ether oxygens (including phenoxy) is 2. The highest BCUT2D eigenvalue weighted by Crippen LogP contribution is 2.31. The molecule has 0 spiro atoms. The van der Waals surface area contributed by atoms with Crippen LogP contribution in [0.2, 0.25) is 0 Å². The molecule has 1 heterocycles. The number of hydrogen-bond donors (Lipinski definition) is 1. The van der Waals surface area contributed by atoms with Gasteiger partial charge in [0, 0.05) is 23.8 Å². The molecule has 26 heavy (non-hydrogen) atoms. The summed E-state index contributed by atoms with van der Waals surface area (Å²) in [6.45, 7) is 5.63. The van der Waals surface area contributed by atoms with Gasteiger partial charge in [-0.15, -0.1) is 0 Å². The third kappa shape index (κ3) is 3.62. The number of methoxy groups -OCH3 is 1. The molecule has 0 saturated heterocycles. The van der Waals surface area contributed by atoms with Gasteiger partial charge in [0.2, 0.25) is 0 Å². The Morgan fingerprint density at radius 2 is 1.88 bits per heavy atom. The van der Waals surface area contributed by atoms with Gasteiger partial charge in [0.25, 0.3) is 0 Å². The highest BCUT2D eigenvalue weighted by Gasteiger charge is 2.12. The van der Waals surface area contributed by atoms with Gasteiger partial charge in [0.15, 0.2) is 5.43 Å². The molecule has 3 aromatic rings. The van der Waals surface area contributed by atoms with Crippen LogP contribution in [0.1, 0.15) is 6.92 Å². The normalized spacial score (nSPS) is 11.0. The van der Waals surface area contributed by atoms with Crippen LogP contribution in [-0.4, -0.2) is 12.2 Å². The van der Waals surface area contributed by atoms with Crippen molar-refractivity contribution >= 4 is 11.0 Å². The van der Waals surface area contributed by atoms with E-state index >= 15 is 0 Å². The molecule has 0 fully saturated rings. The molecule has 0 amide bonds. The van der Waals surface area contributed by atoms with Crippen molar-refractivity contribution in [3.05, 3.63) is 77.2 Å². The van der Waals surface area contributed by atoms with Gasteiger partial charge in [0.05, 0.1) is 13.4 Å². The van der Waals surface area contributed by atoms with Crippen molar-refractivity contribution in [3.8, 4) is 28.6 Å². The molecule has 1 aromatic heterocycles. The molecule has 5 heteroatoms. The molecule has 0 aliphatic carbocycles. The Morgan fingerprint density at radius 1 is 1.15 bits per heavy atom. The van der Waals surface area contributed by atoms with Gasteiger partial charge in [0.1, 0.15) is 34.0 Å². The van der Waals surface area contributed by atoms with Crippen molar-refractivity contribution in [1.82, 2.24) is 0 Å². The number of hydrogen-bond acceptors (Lipinski definition) is 5. The van der Waals surface area contributed by atoms with E-state index in [1.165, 1.54) is 19.2 Å². The summed E-state index contributed by atoms with van der Waals surface area (Å²) in [6, 6.07) is 11.4. The summed E-state index contributed by atoms with van der Waals surface area (Å²) in [5.41, 5.74) is 1.53. The van der Waals surface area contributed by atoms with Crippen LogP contribution in [0.25, 0.3) is 22.3 Å². The highest BCUT2D eigenvalue weighted by molar-refractivity contribution is 5.86. The first-order chi connectivity index (χ1) is 12.5. The average molecular weight is 350 g/mol. The monoisotopic (exact) mass is 350 g/mol. The SMILES string of the molecule is C=C(C)C=COc1ccc(-c2cc(=O)c3c(O)cc(OC)cc3o2)cc1. The van der Waals surface area contributed by atoms with E-state index in [0.29, 0.717) is 22.8 Å². The van der Waals surface area contributed by atoms with Gasteiger partial charge in [-0.2, -0.15) is 0 Å². The lowest BCUT2D eigenvalue weighted by Crippen LogP contribution is -2.01. The number of phenolic OH excluding ortho intramolecular Hbond substituents is 1. The standard InChI is InChI=1S/C21H18O5/c1-13(2)8-9-25-15-6-4-14(5-7-15)19-12-18(23)21-17(22)10-16(24-3)11-20(21)26-19/h4-12,22H,1H2,2-3H3. The summed E-state index contributed by atoms with van der Waals surface area (Å²) in [5, 5.41) is 10.1. The zero-order valence-corrected chi connectivity index (χ0v) is 14.5. The summed E-state index contributed by atoms with van der Waals surface area (Å²) in [7, 11) is 1.48. The van der Waals surface area contributed by atoms with Crippen molar-refractivity contribution in [1.29, 1.82) is 0 Å². The van der Waals surface area contributed by atoms with Crippen LogP contribution in [0.5, 0.6) is 17.2 Å². The van der Waals surface area contributed by atoms with Gasteiger partial charge in [-0.25, -0.2) is 0 Å². The Labute approximate surface area is 150 Å². The third-order valence-electron chi connectivity index (χ3n) is 3.71. The van der Waals surface area contributed by atoms with Crippen LogP contribution in [0.4, 0.5) is 0 Å². The van der Waals surface area contributed by atoms with E-state index < -0.39 is 0 Å². The maximum Gasteiger partial charge on any atom is 0.197 e. The van der Waals surface area contributed by atoms with Gasteiger partial charge in [-0.1, -0.05) is 12.2 Å². The first-order valence-corrected chi connectivity index (χ1v) is 7.92. The van der Waals surface area contributed by atoms with E-state index in [0.717, 1.165) is 5.57 Å². The molecule has 132 valence electrons. The smallest absolute Gasteiger partial charge is 0.197 e. The van der Waals surface area contributed by atoms with Crippen molar-refractivity contribution in [2.24, 2.45) is 0 Å². The molecule has 0 unspecified atom stereocenters. The van der Waals surface area contributed by atoms with Gasteiger partial charge in [-0.05, 0) is 37.3 Å². The van der Waals surface area contributed by atoms with Crippen molar-refractivity contribution in [2.45, 2.75) is 6.92 Å². The summed E-state index contributed by atoms with van der Waals surface area (Å²) in [5.74, 6) is 1.27. The zero-order chi connectivity index (χ0) is 18.7. The van der Waals surface area contributed by atoms with Crippen molar-refractivity contribution in [3.63, 3.8) is 0 Å². The summed E-state index contributed by atoms with van der Waals surface area (Å²) < 4.78 is 16.4. The lowest BCUT2D eigenvalue weighted by Gasteiger charge is -2.07. The van der Waals surface area contributed by atoms with Crippen LogP contribution in [0.15, 0.2) is 76.2 Å². The fourth-order valence-electron chi connectivity index (χ4n) is 2.43. The third-order valence-corrected chi connectivity index (χ3v) is 3.71. The molecule has 3 rings (SSSR count). The molecule has 5 nitrogen and oxygen atoms in total. The van der Waals surface area contributed by atoms with Crippen LogP contribution in [0.3, 0.4) is 0 Å². The molecule has 0 aliphatic heterocycles. The molecule has 0 saturated carbocycles. The first-order valence-electron chi connectivity index (χ1n) is 7.92. The lowest BCUT2D eigenvalue weighted by molar-refractivity contribution is 0.408. The minimum Gasteiger partial charge on any atom is -0.507 e. The van der Waals surface area contributed by atoms with E-state index in [4.69, 9.17) is 13.9 Å². The fraction of sp³-hybridized carbons (Fsp3) is 0.0952. The van der Waals surface area contributed by atoms with Crippen molar-refractivity contribution in [2.75, 3.05) is 7.11 Å². The van der Waals surface area contributed by atoms with Gasteiger partial charge in [-0.3, -0.25) is 4.79 Å². The Morgan fingerprint density at radius 3 is 2.54 bits per heavy atom. The van der Waals surface area contributed by atoms with E-state index in [2.05, 4.69) is 6.58 Å². The van der Waals surface area contributed by atoms with Crippen LogP contribution in [0, 0.1) is 0 Å². The number of aromatic hydroxyl groups is 1. The number of phenols is 1. The minimum absolute atomic E-state index is 0.124. The summed E-state index contributed by atoms with van der Waals surface area (Å²) in [6.07, 6.45) is 3.32. The number of allylic oxidation sites excluding steroid dienone is 2. The van der Waals surface area contributed by atoms with Crippen LogP contribution >= 0.6 is 0 Å². The average Bonchev–Trinajstić information content (AvgIpc) is 2.61. The Hall–Kier alpha value is -3.47. The summed E-state index contributed by atoms with van der Waals surface area (Å²) in [4.78, 5) is 12.4. The second-order valence-electron chi connectivity index (χ2n) is 5.79. The Balaban J connectivity index is 1.97. The summed E-state index contributed by atoms with van der Waals surface area (Å²) >= 11 is 0. The Bertz CT molecular complexity index is 1040. The molecule has 2 aromatic carbocycles. The molecule has 0 radical (unpaired) electrons. The van der Waals surface area contributed by atoms with Crippen molar-refractivity contribution < 1.29 is 19.0 Å². The lowest BCUT2D eigenvalue weighted by atomic mass is 10.1. The minimum atomic E-state index is -0.328. The van der Waals surface area contributed by atoms with E-state index in [1.54, 1.807) is 42.7 Å². The van der Waals surface area contributed by atoms with E-state index in [-0.39, 0.29) is 22.1 Å². The number of rotatable bonds is 5. The highest BCUT2D eigenvalue weighted by atomic mass is 16.5. The molecule has 1 N–H and O–H groups in total. The van der Waals surface area contributed by atoms with Gasteiger partial charge >= 0.3 is 0 Å². The quantitative estimate of drug-likeness (QED) is 0.536. The fourth-order valence-corrected chi connectivity index (χ4v) is 2.43. The predicted molar refractivity (Wildman–Crippen MR) is 101 cm³/mol. The zero-order valence-electron chi connectivity index (χ0n) is 14.5. The van der Waals surface area contributed by atoms with Crippen LogP contribution in [-0.2, 0) is 0 Å². The number of fused-ring (bicyclic) bond motifs is 1. The van der Waals surface area contributed by atoms with E-state index in [9.17, 15) is 9.90 Å². The second kappa shape index (κ2) is 7.19. The van der Waals surface area contributed by atoms with Gasteiger partial charge < -0.3 is 19.0 Å². The largest absolute Gasteiger partial charge is 0.507 e. The molecule has 0 aliphatic rings. The Kier molecular flexibility index (Phi) is 4.80. The maximum absolute atomic E-state index is 12.4. The van der Waals surface area contributed by atoms with E-state index in [1.807, 2.05) is 6.92 Å². The predicted octanol–water partition coefficient (Wildman–Crippen LogP) is 4.64. The topological polar surface area (TPSA) is 68.9 Å². The molecule has 0 atom stereocenters.